The van der Waals surface area contributed by atoms with Crippen LogP contribution in [-0.2, 0) is 4.79 Å². The fourth-order valence-corrected chi connectivity index (χ4v) is 2.34. The number of hydrogen-bond acceptors (Lipinski definition) is 4. The Morgan fingerprint density at radius 3 is 2.42 bits per heavy atom. The summed E-state index contributed by atoms with van der Waals surface area (Å²) in [5.41, 5.74) is 2.82. The second-order valence-corrected chi connectivity index (χ2v) is 5.48. The fourth-order valence-electron chi connectivity index (χ4n) is 2.34. The van der Waals surface area contributed by atoms with Gasteiger partial charge in [-0.25, -0.2) is 0 Å². The van der Waals surface area contributed by atoms with Crippen molar-refractivity contribution in [3.63, 3.8) is 0 Å². The van der Waals surface area contributed by atoms with Gasteiger partial charge in [-0.1, -0.05) is 17.7 Å². The number of methoxy groups -OCH3 is 2. The topological polar surface area (TPSA) is 56.8 Å². The Bertz CT molecular complexity index is 713. The van der Waals surface area contributed by atoms with E-state index in [4.69, 9.17) is 14.2 Å². The smallest absolute Gasteiger partial charge is 0.227 e. The molecule has 2 aromatic rings. The van der Waals surface area contributed by atoms with Crippen molar-refractivity contribution in [1.29, 1.82) is 0 Å². The van der Waals surface area contributed by atoms with Gasteiger partial charge in [0, 0.05) is 6.07 Å². The van der Waals surface area contributed by atoms with Gasteiger partial charge in [0.25, 0.3) is 0 Å². The van der Waals surface area contributed by atoms with Gasteiger partial charge < -0.3 is 19.5 Å². The summed E-state index contributed by atoms with van der Waals surface area (Å²) in [5.74, 6) is 1.88. The van der Waals surface area contributed by atoms with Crippen LogP contribution in [0.2, 0.25) is 0 Å². The van der Waals surface area contributed by atoms with Crippen molar-refractivity contribution in [2.45, 2.75) is 20.3 Å². The number of benzene rings is 2. The number of carbonyl (C=O) groups excluding carboxylic acids is 1. The molecule has 0 aromatic heterocycles. The maximum Gasteiger partial charge on any atom is 0.227 e. The highest BCUT2D eigenvalue weighted by Gasteiger charge is 2.10. The number of aryl methyl sites for hydroxylation is 2. The van der Waals surface area contributed by atoms with Crippen LogP contribution in [0.4, 0.5) is 5.69 Å². The molecule has 5 nitrogen and oxygen atoms in total. The van der Waals surface area contributed by atoms with E-state index in [1.165, 1.54) is 5.56 Å². The Balaban J connectivity index is 1.91. The molecule has 0 aliphatic carbocycles. The summed E-state index contributed by atoms with van der Waals surface area (Å²) in [6.07, 6.45) is 0.244. The van der Waals surface area contributed by atoms with Gasteiger partial charge in [0.15, 0.2) is 0 Å². The number of amides is 1. The summed E-state index contributed by atoms with van der Waals surface area (Å²) >= 11 is 0. The van der Waals surface area contributed by atoms with Crippen LogP contribution >= 0.6 is 0 Å². The maximum atomic E-state index is 12.1. The van der Waals surface area contributed by atoms with E-state index in [2.05, 4.69) is 11.4 Å². The molecule has 0 bridgehead atoms. The Hall–Kier alpha value is -2.69. The zero-order chi connectivity index (χ0) is 17.5. The summed E-state index contributed by atoms with van der Waals surface area (Å²) in [6.45, 7) is 4.33. The van der Waals surface area contributed by atoms with Crippen LogP contribution in [0.3, 0.4) is 0 Å². The Kier molecular flexibility index (Phi) is 6.07. The van der Waals surface area contributed by atoms with Gasteiger partial charge in [0.2, 0.25) is 5.91 Å². The third-order valence-corrected chi connectivity index (χ3v) is 3.60. The first-order valence-electron chi connectivity index (χ1n) is 7.75. The van der Waals surface area contributed by atoms with E-state index >= 15 is 0 Å². The highest BCUT2D eigenvalue weighted by molar-refractivity contribution is 5.92. The lowest BCUT2D eigenvalue weighted by molar-refractivity contribution is -0.116. The molecule has 24 heavy (non-hydrogen) atoms. The Morgan fingerprint density at radius 2 is 1.75 bits per heavy atom. The van der Waals surface area contributed by atoms with E-state index < -0.39 is 0 Å². The molecule has 0 saturated carbocycles. The van der Waals surface area contributed by atoms with Gasteiger partial charge in [-0.05, 0) is 37.6 Å². The van der Waals surface area contributed by atoms with Crippen LogP contribution in [0.1, 0.15) is 17.5 Å². The normalized spacial score (nSPS) is 10.2. The Labute approximate surface area is 142 Å². The molecule has 1 amide bonds. The molecular weight excluding hydrogens is 306 g/mol. The lowest BCUT2D eigenvalue weighted by Crippen LogP contribution is -2.16. The molecule has 0 aliphatic rings. The molecule has 0 spiro atoms. The van der Waals surface area contributed by atoms with Gasteiger partial charge in [0.1, 0.15) is 17.2 Å². The van der Waals surface area contributed by atoms with Crippen LogP contribution in [0.25, 0.3) is 0 Å². The monoisotopic (exact) mass is 329 g/mol. The number of ether oxygens (including phenoxy) is 3. The minimum absolute atomic E-state index is 0.147. The van der Waals surface area contributed by atoms with Crippen molar-refractivity contribution in [3.05, 3.63) is 47.5 Å². The summed E-state index contributed by atoms with van der Waals surface area (Å²) < 4.78 is 16.1. The van der Waals surface area contributed by atoms with E-state index in [9.17, 15) is 4.79 Å². The molecule has 0 atom stereocenters. The number of hydrogen-bond donors (Lipinski definition) is 1. The molecule has 2 aromatic carbocycles. The van der Waals surface area contributed by atoms with Crippen LogP contribution < -0.4 is 19.5 Å². The highest BCUT2D eigenvalue weighted by Crippen LogP contribution is 2.29. The zero-order valence-corrected chi connectivity index (χ0v) is 14.5. The van der Waals surface area contributed by atoms with Crippen molar-refractivity contribution in [3.8, 4) is 17.2 Å². The summed E-state index contributed by atoms with van der Waals surface area (Å²) in [7, 11) is 3.13. The van der Waals surface area contributed by atoms with Gasteiger partial charge in [-0.3, -0.25) is 4.79 Å². The molecule has 128 valence electrons. The number of rotatable bonds is 7. The third kappa shape index (κ3) is 4.65. The quantitative estimate of drug-likeness (QED) is 0.841. The van der Waals surface area contributed by atoms with E-state index in [-0.39, 0.29) is 12.3 Å². The van der Waals surface area contributed by atoms with Gasteiger partial charge in [-0.15, -0.1) is 0 Å². The molecule has 5 heteroatoms. The SMILES string of the molecule is COc1ccc(OC)c(NC(=O)CCOc2ccc(C)cc2C)c1. The van der Waals surface area contributed by atoms with Crippen molar-refractivity contribution >= 4 is 11.6 Å². The van der Waals surface area contributed by atoms with Crippen LogP contribution in [0.15, 0.2) is 36.4 Å². The van der Waals surface area contributed by atoms with Crippen LogP contribution in [0.5, 0.6) is 17.2 Å². The molecule has 0 unspecified atom stereocenters. The fraction of sp³-hybridized carbons (Fsp3) is 0.316. The minimum atomic E-state index is -0.147. The average Bonchev–Trinajstić information content (AvgIpc) is 2.56. The molecule has 0 aliphatic heterocycles. The largest absolute Gasteiger partial charge is 0.497 e. The lowest BCUT2D eigenvalue weighted by Gasteiger charge is -2.12. The predicted octanol–water partition coefficient (Wildman–Crippen LogP) is 3.73. The lowest BCUT2D eigenvalue weighted by atomic mass is 10.1. The zero-order valence-electron chi connectivity index (χ0n) is 14.5. The van der Waals surface area contributed by atoms with Gasteiger partial charge in [0.05, 0.1) is 32.9 Å². The van der Waals surface area contributed by atoms with Crippen molar-refractivity contribution in [1.82, 2.24) is 0 Å². The average molecular weight is 329 g/mol. The minimum Gasteiger partial charge on any atom is -0.497 e. The van der Waals surface area contributed by atoms with E-state index in [1.807, 2.05) is 26.0 Å². The molecule has 1 N–H and O–H groups in total. The predicted molar refractivity (Wildman–Crippen MR) is 94.2 cm³/mol. The van der Waals surface area contributed by atoms with Gasteiger partial charge >= 0.3 is 0 Å². The number of nitrogens with one attached hydrogen (secondary N) is 1. The molecule has 0 radical (unpaired) electrons. The van der Waals surface area contributed by atoms with E-state index in [1.54, 1.807) is 32.4 Å². The van der Waals surface area contributed by atoms with Crippen molar-refractivity contribution < 1.29 is 19.0 Å². The van der Waals surface area contributed by atoms with E-state index in [0.29, 0.717) is 23.8 Å². The first-order valence-corrected chi connectivity index (χ1v) is 7.75. The highest BCUT2D eigenvalue weighted by atomic mass is 16.5. The van der Waals surface area contributed by atoms with Crippen molar-refractivity contribution in [2.75, 3.05) is 26.1 Å². The van der Waals surface area contributed by atoms with Gasteiger partial charge in [-0.2, -0.15) is 0 Å². The summed E-state index contributed by atoms with van der Waals surface area (Å²) in [4.78, 5) is 12.1. The number of carbonyl (C=O) groups is 1. The summed E-state index contributed by atoms with van der Waals surface area (Å²) in [5, 5.41) is 2.82. The molecule has 0 fully saturated rings. The van der Waals surface area contributed by atoms with Crippen LogP contribution in [0, 0.1) is 13.8 Å². The summed E-state index contributed by atoms with van der Waals surface area (Å²) in [6, 6.07) is 11.2. The second-order valence-electron chi connectivity index (χ2n) is 5.48. The van der Waals surface area contributed by atoms with E-state index in [0.717, 1.165) is 11.3 Å². The van der Waals surface area contributed by atoms with Crippen molar-refractivity contribution in [2.24, 2.45) is 0 Å². The third-order valence-electron chi connectivity index (χ3n) is 3.60. The second kappa shape index (κ2) is 8.24. The molecule has 0 saturated heterocycles. The first-order chi connectivity index (χ1) is 11.5. The molecule has 0 heterocycles. The maximum absolute atomic E-state index is 12.1. The Morgan fingerprint density at radius 1 is 1.00 bits per heavy atom. The molecule has 2 rings (SSSR count). The first kappa shape index (κ1) is 17.7. The molecular formula is C19H23NO4. The number of anilines is 1. The van der Waals surface area contributed by atoms with Crippen LogP contribution in [-0.4, -0.2) is 26.7 Å². The standard InChI is InChI=1S/C19H23NO4/c1-13-5-7-17(14(2)11-13)24-10-9-19(21)20-16-12-15(22-3)6-8-18(16)23-4/h5-8,11-12H,9-10H2,1-4H3,(H,20,21).